The molecule has 0 fully saturated rings. The minimum absolute atomic E-state index is 0.602. The van der Waals surface area contributed by atoms with Crippen molar-refractivity contribution >= 4 is 11.1 Å². The van der Waals surface area contributed by atoms with E-state index in [1.54, 1.807) is 0 Å². The van der Waals surface area contributed by atoms with E-state index in [0.29, 0.717) is 6.54 Å². The van der Waals surface area contributed by atoms with Gasteiger partial charge in [-0.05, 0) is 25.6 Å². The Morgan fingerprint density at radius 2 is 2.21 bits per heavy atom. The zero-order chi connectivity index (χ0) is 13.4. The van der Waals surface area contributed by atoms with Crippen LogP contribution in [0.5, 0.6) is 0 Å². The SMILES string of the molecule is Cc1nc(CCN)n(C)c1-c1ccc2ncoc2c1. The summed E-state index contributed by atoms with van der Waals surface area (Å²) in [4.78, 5) is 8.71. The Morgan fingerprint density at radius 3 is 3.00 bits per heavy atom. The van der Waals surface area contributed by atoms with E-state index in [4.69, 9.17) is 10.2 Å². The molecule has 2 heterocycles. The third-order valence-corrected chi connectivity index (χ3v) is 3.33. The van der Waals surface area contributed by atoms with Gasteiger partial charge in [-0.25, -0.2) is 9.97 Å². The van der Waals surface area contributed by atoms with Gasteiger partial charge in [0, 0.05) is 19.0 Å². The molecule has 5 nitrogen and oxygen atoms in total. The van der Waals surface area contributed by atoms with E-state index in [9.17, 15) is 0 Å². The van der Waals surface area contributed by atoms with Gasteiger partial charge in [0.15, 0.2) is 12.0 Å². The number of hydrogen-bond acceptors (Lipinski definition) is 4. The average molecular weight is 256 g/mol. The molecular weight excluding hydrogens is 240 g/mol. The van der Waals surface area contributed by atoms with Gasteiger partial charge in [-0.15, -0.1) is 0 Å². The van der Waals surface area contributed by atoms with Gasteiger partial charge in [0.2, 0.25) is 0 Å². The standard InChI is InChI=1S/C14H16N4O/c1-9-14(18(2)13(17-9)5-6-15)10-3-4-11-12(7-10)19-8-16-11/h3-4,7-8H,5-6,15H2,1-2H3. The fraction of sp³-hybridized carbons (Fsp3) is 0.286. The number of fused-ring (bicyclic) bond motifs is 1. The summed E-state index contributed by atoms with van der Waals surface area (Å²) in [5.41, 5.74) is 10.5. The third kappa shape index (κ3) is 1.92. The first kappa shape index (κ1) is 11.9. The van der Waals surface area contributed by atoms with Crippen molar-refractivity contribution in [3.63, 3.8) is 0 Å². The van der Waals surface area contributed by atoms with Gasteiger partial charge in [0.1, 0.15) is 11.3 Å². The van der Waals surface area contributed by atoms with Crippen LogP contribution in [0.3, 0.4) is 0 Å². The summed E-state index contributed by atoms with van der Waals surface area (Å²) in [5.74, 6) is 1.01. The minimum Gasteiger partial charge on any atom is -0.443 e. The Hall–Kier alpha value is -2.14. The quantitative estimate of drug-likeness (QED) is 0.778. The van der Waals surface area contributed by atoms with Gasteiger partial charge in [-0.2, -0.15) is 0 Å². The number of nitrogens with two attached hydrogens (primary N) is 1. The molecule has 0 aliphatic carbocycles. The molecule has 3 rings (SSSR count). The van der Waals surface area contributed by atoms with Crippen LogP contribution in [0.1, 0.15) is 11.5 Å². The molecule has 0 saturated carbocycles. The molecule has 0 aliphatic heterocycles. The molecule has 0 unspecified atom stereocenters. The van der Waals surface area contributed by atoms with E-state index in [0.717, 1.165) is 40.3 Å². The Kier molecular flexibility index (Phi) is 2.83. The first-order chi connectivity index (χ1) is 9.20. The van der Waals surface area contributed by atoms with Crippen LogP contribution in [0.15, 0.2) is 29.0 Å². The molecule has 2 aromatic heterocycles. The number of aromatic nitrogens is 3. The number of benzene rings is 1. The van der Waals surface area contributed by atoms with E-state index in [1.165, 1.54) is 6.39 Å². The maximum Gasteiger partial charge on any atom is 0.181 e. The van der Waals surface area contributed by atoms with Crippen molar-refractivity contribution in [1.29, 1.82) is 0 Å². The van der Waals surface area contributed by atoms with Crippen LogP contribution < -0.4 is 5.73 Å². The van der Waals surface area contributed by atoms with Crippen molar-refractivity contribution in [1.82, 2.24) is 14.5 Å². The maximum atomic E-state index is 5.61. The Morgan fingerprint density at radius 1 is 1.37 bits per heavy atom. The normalized spacial score (nSPS) is 11.3. The van der Waals surface area contributed by atoms with E-state index in [2.05, 4.69) is 14.5 Å². The fourth-order valence-electron chi connectivity index (χ4n) is 2.45. The molecular formula is C14H16N4O. The van der Waals surface area contributed by atoms with Gasteiger partial charge in [-0.3, -0.25) is 0 Å². The highest BCUT2D eigenvalue weighted by Crippen LogP contribution is 2.27. The summed E-state index contributed by atoms with van der Waals surface area (Å²) in [5, 5.41) is 0. The lowest BCUT2D eigenvalue weighted by Crippen LogP contribution is -2.08. The monoisotopic (exact) mass is 256 g/mol. The third-order valence-electron chi connectivity index (χ3n) is 3.33. The lowest BCUT2D eigenvalue weighted by atomic mass is 10.1. The lowest BCUT2D eigenvalue weighted by molar-refractivity contribution is 0.602. The summed E-state index contributed by atoms with van der Waals surface area (Å²) >= 11 is 0. The van der Waals surface area contributed by atoms with Crippen LogP contribution in [0.25, 0.3) is 22.4 Å². The summed E-state index contributed by atoms with van der Waals surface area (Å²) in [6.07, 6.45) is 2.24. The van der Waals surface area contributed by atoms with Gasteiger partial charge in [0.05, 0.1) is 11.4 Å². The van der Waals surface area contributed by atoms with Gasteiger partial charge < -0.3 is 14.7 Å². The molecule has 0 aliphatic rings. The summed E-state index contributed by atoms with van der Waals surface area (Å²) in [6.45, 7) is 2.62. The van der Waals surface area contributed by atoms with Crippen LogP contribution in [-0.4, -0.2) is 21.1 Å². The second-order valence-electron chi connectivity index (χ2n) is 4.59. The molecule has 0 spiro atoms. The molecule has 98 valence electrons. The molecule has 0 radical (unpaired) electrons. The van der Waals surface area contributed by atoms with E-state index >= 15 is 0 Å². The summed E-state index contributed by atoms with van der Waals surface area (Å²) in [7, 11) is 2.02. The Labute approximate surface area is 111 Å². The number of hydrogen-bond donors (Lipinski definition) is 1. The maximum absolute atomic E-state index is 5.61. The van der Waals surface area contributed by atoms with Gasteiger partial charge in [-0.1, -0.05) is 6.07 Å². The highest BCUT2D eigenvalue weighted by Gasteiger charge is 2.13. The van der Waals surface area contributed by atoms with Crippen LogP contribution in [0, 0.1) is 6.92 Å². The molecule has 0 saturated heterocycles. The first-order valence-corrected chi connectivity index (χ1v) is 6.26. The Balaban J connectivity index is 2.14. The summed E-state index contributed by atoms with van der Waals surface area (Å²) < 4.78 is 7.45. The van der Waals surface area contributed by atoms with Crippen LogP contribution >= 0.6 is 0 Å². The smallest absolute Gasteiger partial charge is 0.181 e. The van der Waals surface area contributed by atoms with Crippen LogP contribution in [0.4, 0.5) is 0 Å². The second-order valence-corrected chi connectivity index (χ2v) is 4.59. The molecule has 2 N–H and O–H groups in total. The van der Waals surface area contributed by atoms with Crippen molar-refractivity contribution in [3.05, 3.63) is 36.1 Å². The molecule has 0 amide bonds. The summed E-state index contributed by atoms with van der Waals surface area (Å²) in [6, 6.07) is 6.00. The van der Waals surface area contributed by atoms with Crippen LogP contribution in [-0.2, 0) is 13.5 Å². The number of rotatable bonds is 3. The first-order valence-electron chi connectivity index (χ1n) is 6.26. The predicted octanol–water partition coefficient (Wildman–Crippen LogP) is 2.04. The van der Waals surface area contributed by atoms with Crippen molar-refractivity contribution in [2.45, 2.75) is 13.3 Å². The van der Waals surface area contributed by atoms with Gasteiger partial charge >= 0.3 is 0 Å². The van der Waals surface area contributed by atoms with Crippen molar-refractivity contribution in [2.75, 3.05) is 6.54 Å². The van der Waals surface area contributed by atoms with Crippen molar-refractivity contribution in [2.24, 2.45) is 12.8 Å². The number of imidazole rings is 1. The van der Waals surface area contributed by atoms with Gasteiger partial charge in [0.25, 0.3) is 0 Å². The lowest BCUT2D eigenvalue weighted by Gasteiger charge is -2.06. The largest absolute Gasteiger partial charge is 0.443 e. The van der Waals surface area contributed by atoms with E-state index in [1.807, 2.05) is 32.2 Å². The fourth-order valence-corrected chi connectivity index (χ4v) is 2.45. The topological polar surface area (TPSA) is 69.9 Å². The zero-order valence-electron chi connectivity index (χ0n) is 11.1. The average Bonchev–Trinajstić information content (AvgIpc) is 2.95. The molecule has 19 heavy (non-hydrogen) atoms. The minimum atomic E-state index is 0.602. The highest BCUT2D eigenvalue weighted by atomic mass is 16.3. The molecule has 3 aromatic rings. The molecule has 5 heteroatoms. The Bertz CT molecular complexity index is 726. The molecule has 1 aromatic carbocycles. The zero-order valence-corrected chi connectivity index (χ0v) is 11.1. The molecule has 0 atom stereocenters. The number of oxazole rings is 1. The number of aryl methyl sites for hydroxylation is 1. The van der Waals surface area contributed by atoms with E-state index < -0.39 is 0 Å². The molecule has 0 bridgehead atoms. The second kappa shape index (κ2) is 4.51. The number of nitrogens with zero attached hydrogens (tertiary/aromatic N) is 3. The highest BCUT2D eigenvalue weighted by molar-refractivity contribution is 5.79. The van der Waals surface area contributed by atoms with Crippen molar-refractivity contribution < 1.29 is 4.42 Å². The van der Waals surface area contributed by atoms with Crippen LogP contribution in [0.2, 0.25) is 0 Å². The van der Waals surface area contributed by atoms with E-state index in [-0.39, 0.29) is 0 Å². The van der Waals surface area contributed by atoms with Crippen molar-refractivity contribution in [3.8, 4) is 11.3 Å². The predicted molar refractivity (Wildman–Crippen MR) is 73.7 cm³/mol.